The zero-order chi connectivity index (χ0) is 10.7. The summed E-state index contributed by atoms with van der Waals surface area (Å²) in [5, 5.41) is -0.311. The van der Waals surface area contributed by atoms with Crippen molar-refractivity contribution in [2.75, 3.05) is 0 Å². The highest BCUT2D eigenvalue weighted by atomic mass is 32.1. The number of carbonyl (C=O) groups excluding carboxylic acids is 1. The van der Waals surface area contributed by atoms with Gasteiger partial charge in [0.05, 0.1) is 0 Å². The van der Waals surface area contributed by atoms with Crippen molar-refractivity contribution >= 4 is 17.7 Å². The number of benzene rings is 2. The lowest BCUT2D eigenvalue weighted by Crippen LogP contribution is -1.87. The molecule has 0 saturated heterocycles. The highest BCUT2D eigenvalue weighted by Gasteiger charge is 2.01. The molecular weight excluding hydrogens is 204 g/mol. The van der Waals surface area contributed by atoms with E-state index in [0.717, 1.165) is 11.1 Å². The smallest absolute Gasteiger partial charge is 0.249 e. The summed E-state index contributed by atoms with van der Waals surface area (Å²) in [5.41, 5.74) is 2.81. The Labute approximate surface area is 94.2 Å². The minimum Gasteiger partial charge on any atom is -0.276 e. The van der Waals surface area contributed by atoms with Gasteiger partial charge in [-0.1, -0.05) is 42.5 Å². The Hall–Kier alpha value is -1.67. The van der Waals surface area contributed by atoms with Crippen LogP contribution in [-0.2, 0) is 0 Å². The van der Waals surface area contributed by atoms with Crippen LogP contribution < -0.4 is 0 Å². The number of hydrogen-bond acceptors (Lipinski definition) is 1. The van der Waals surface area contributed by atoms with Crippen molar-refractivity contribution in [1.82, 2.24) is 0 Å². The molecule has 0 N–H and O–H groups in total. The lowest BCUT2D eigenvalue weighted by Gasteiger charge is -2.01. The molecule has 2 rings (SSSR count). The monoisotopic (exact) mass is 213 g/mol. The maximum absolute atomic E-state index is 10.9. The molecule has 1 radical (unpaired) electrons. The molecule has 2 heteroatoms. The van der Waals surface area contributed by atoms with Crippen LogP contribution >= 0.6 is 12.6 Å². The second-order valence-electron chi connectivity index (χ2n) is 3.23. The van der Waals surface area contributed by atoms with Crippen molar-refractivity contribution in [3.05, 3.63) is 60.2 Å². The molecule has 2 aromatic carbocycles. The van der Waals surface area contributed by atoms with Crippen molar-refractivity contribution in [3.63, 3.8) is 0 Å². The summed E-state index contributed by atoms with van der Waals surface area (Å²) in [6.45, 7) is 0. The van der Waals surface area contributed by atoms with Crippen LogP contribution in [0, 0.1) is 0 Å². The van der Waals surface area contributed by atoms with E-state index in [0.29, 0.717) is 5.56 Å². The van der Waals surface area contributed by atoms with Gasteiger partial charge in [0.2, 0.25) is 5.12 Å². The van der Waals surface area contributed by atoms with Crippen molar-refractivity contribution < 1.29 is 4.79 Å². The van der Waals surface area contributed by atoms with Crippen LogP contribution in [0.5, 0.6) is 0 Å². The van der Waals surface area contributed by atoms with E-state index in [9.17, 15) is 4.79 Å². The molecule has 0 saturated carbocycles. The maximum atomic E-state index is 10.9. The van der Waals surface area contributed by atoms with Crippen LogP contribution in [0.1, 0.15) is 10.4 Å². The molecule has 0 spiro atoms. The SMILES string of the molecule is O=C([S])c1ccc(-c2ccccc2)cc1. The Balaban J connectivity index is 2.36. The summed E-state index contributed by atoms with van der Waals surface area (Å²) in [5.74, 6) is 0. The van der Waals surface area contributed by atoms with E-state index >= 15 is 0 Å². The molecule has 1 nitrogen and oxygen atoms in total. The van der Waals surface area contributed by atoms with Crippen LogP contribution in [-0.4, -0.2) is 5.12 Å². The molecule has 0 fully saturated rings. The molecule has 0 aromatic heterocycles. The molecule has 73 valence electrons. The molecule has 0 bridgehead atoms. The predicted molar refractivity (Wildman–Crippen MR) is 63.8 cm³/mol. The van der Waals surface area contributed by atoms with E-state index in [4.69, 9.17) is 0 Å². The van der Waals surface area contributed by atoms with Crippen LogP contribution in [0.25, 0.3) is 11.1 Å². The van der Waals surface area contributed by atoms with E-state index < -0.39 is 0 Å². The van der Waals surface area contributed by atoms with Gasteiger partial charge in [-0.3, -0.25) is 4.79 Å². The average molecular weight is 213 g/mol. The van der Waals surface area contributed by atoms with Gasteiger partial charge in [-0.25, -0.2) is 0 Å². The first kappa shape index (κ1) is 9.87. The van der Waals surface area contributed by atoms with Gasteiger partial charge in [0.1, 0.15) is 0 Å². The fourth-order valence-electron chi connectivity index (χ4n) is 1.43. The van der Waals surface area contributed by atoms with Gasteiger partial charge in [-0.15, -0.1) is 0 Å². The normalized spacial score (nSPS) is 9.87. The fraction of sp³-hybridized carbons (Fsp3) is 0. The Morgan fingerprint density at radius 3 is 1.87 bits per heavy atom. The molecule has 2 aromatic rings. The summed E-state index contributed by atoms with van der Waals surface area (Å²) in [7, 11) is 0. The summed E-state index contributed by atoms with van der Waals surface area (Å²) in [6, 6.07) is 17.4. The minimum atomic E-state index is -0.311. The van der Waals surface area contributed by atoms with E-state index in [1.165, 1.54) is 0 Å². The van der Waals surface area contributed by atoms with E-state index in [2.05, 4.69) is 12.6 Å². The van der Waals surface area contributed by atoms with Crippen LogP contribution in [0.4, 0.5) is 0 Å². The summed E-state index contributed by atoms with van der Waals surface area (Å²) < 4.78 is 0. The lowest BCUT2D eigenvalue weighted by atomic mass is 10.0. The van der Waals surface area contributed by atoms with Gasteiger partial charge >= 0.3 is 0 Å². The number of carbonyl (C=O) groups is 1. The topological polar surface area (TPSA) is 17.1 Å². The van der Waals surface area contributed by atoms with Crippen molar-refractivity contribution in [2.45, 2.75) is 0 Å². The second-order valence-corrected chi connectivity index (χ2v) is 3.60. The molecule has 0 amide bonds. The van der Waals surface area contributed by atoms with Crippen molar-refractivity contribution in [2.24, 2.45) is 0 Å². The van der Waals surface area contributed by atoms with E-state index in [1.807, 2.05) is 42.5 Å². The average Bonchev–Trinajstić information content (AvgIpc) is 2.30. The molecule has 0 atom stereocenters. The molecule has 0 unspecified atom stereocenters. The van der Waals surface area contributed by atoms with E-state index in [-0.39, 0.29) is 5.12 Å². The Bertz CT molecular complexity index is 460. The lowest BCUT2D eigenvalue weighted by molar-refractivity contribution is 0.109. The second kappa shape index (κ2) is 4.24. The first-order valence-corrected chi connectivity index (χ1v) is 5.05. The van der Waals surface area contributed by atoms with Crippen LogP contribution in [0.15, 0.2) is 54.6 Å². The van der Waals surface area contributed by atoms with Gasteiger partial charge in [0.15, 0.2) is 0 Å². The molecule has 0 heterocycles. The third kappa shape index (κ3) is 2.22. The van der Waals surface area contributed by atoms with Gasteiger partial charge in [0, 0.05) is 5.56 Å². The van der Waals surface area contributed by atoms with Gasteiger partial charge in [-0.05, 0) is 35.9 Å². The summed E-state index contributed by atoms with van der Waals surface area (Å²) in [4.78, 5) is 10.9. The third-order valence-corrected chi connectivity index (χ3v) is 2.46. The van der Waals surface area contributed by atoms with Gasteiger partial charge in [-0.2, -0.15) is 0 Å². The first-order chi connectivity index (χ1) is 7.27. The van der Waals surface area contributed by atoms with Crippen molar-refractivity contribution in [3.8, 4) is 11.1 Å². The van der Waals surface area contributed by atoms with Gasteiger partial charge in [0.25, 0.3) is 0 Å². The molecule has 15 heavy (non-hydrogen) atoms. The quantitative estimate of drug-likeness (QED) is 0.743. The first-order valence-electron chi connectivity index (χ1n) is 4.64. The number of hydrogen-bond donors (Lipinski definition) is 0. The highest BCUT2D eigenvalue weighted by Crippen LogP contribution is 2.19. The molecule has 0 aliphatic carbocycles. The van der Waals surface area contributed by atoms with Gasteiger partial charge < -0.3 is 0 Å². The third-order valence-electron chi connectivity index (χ3n) is 2.23. The number of rotatable bonds is 2. The minimum absolute atomic E-state index is 0.311. The summed E-state index contributed by atoms with van der Waals surface area (Å²) >= 11 is 4.57. The fourth-order valence-corrected chi connectivity index (χ4v) is 1.57. The predicted octanol–water partition coefficient (Wildman–Crippen LogP) is 3.69. The molecular formula is C13H9OS. The van der Waals surface area contributed by atoms with Crippen LogP contribution in [0.3, 0.4) is 0 Å². The largest absolute Gasteiger partial charge is 0.276 e. The Morgan fingerprint density at radius 1 is 0.800 bits per heavy atom. The maximum Gasteiger partial charge on any atom is 0.249 e. The van der Waals surface area contributed by atoms with Crippen LogP contribution in [0.2, 0.25) is 0 Å². The zero-order valence-corrected chi connectivity index (χ0v) is 8.83. The Morgan fingerprint density at radius 2 is 1.33 bits per heavy atom. The molecule has 0 aliphatic heterocycles. The molecule has 0 aliphatic rings. The highest BCUT2D eigenvalue weighted by molar-refractivity contribution is 7.97. The zero-order valence-electron chi connectivity index (χ0n) is 8.01. The van der Waals surface area contributed by atoms with Crippen molar-refractivity contribution in [1.29, 1.82) is 0 Å². The Kier molecular flexibility index (Phi) is 2.79. The standard InChI is InChI=1S/C13H9OS/c14-13(15)12-8-6-11(7-9-12)10-4-2-1-3-5-10/h1-9H. The van der Waals surface area contributed by atoms with E-state index in [1.54, 1.807) is 12.1 Å². The summed E-state index contributed by atoms with van der Waals surface area (Å²) in [6.07, 6.45) is 0.